The molecule has 0 fully saturated rings. The summed E-state index contributed by atoms with van der Waals surface area (Å²) in [7, 11) is 0. The number of aromatic nitrogens is 4. The van der Waals surface area contributed by atoms with Crippen molar-refractivity contribution in [3.8, 4) is 0 Å². The number of aryl methyl sites for hydroxylation is 1. The van der Waals surface area contributed by atoms with Gasteiger partial charge in [0.1, 0.15) is 4.70 Å². The average molecular weight is 278 g/mol. The van der Waals surface area contributed by atoms with Gasteiger partial charge < -0.3 is 9.55 Å². The van der Waals surface area contributed by atoms with E-state index in [-0.39, 0.29) is 5.56 Å². The van der Waals surface area contributed by atoms with Crippen molar-refractivity contribution in [3.63, 3.8) is 0 Å². The lowest BCUT2D eigenvalue weighted by molar-refractivity contribution is 0.556. The highest BCUT2D eigenvalue weighted by atomic mass is 32.1. The van der Waals surface area contributed by atoms with E-state index in [1.807, 2.05) is 22.2 Å². The van der Waals surface area contributed by atoms with Crippen LogP contribution in [0.5, 0.6) is 0 Å². The lowest BCUT2D eigenvalue weighted by Crippen LogP contribution is -2.23. The molecule has 0 bridgehead atoms. The number of hydrogen-bond donors (Lipinski definition) is 1. The number of hydrogen-bond acceptors (Lipinski definition) is 4. The lowest BCUT2D eigenvalue weighted by Gasteiger charge is -2.06. The Kier molecular flexibility index (Phi) is 2.85. The van der Waals surface area contributed by atoms with Gasteiger partial charge in [-0.2, -0.15) is 0 Å². The highest BCUT2D eigenvalue weighted by Crippen LogP contribution is 2.13. The zero-order valence-electron chi connectivity index (χ0n) is 9.37. The zero-order chi connectivity index (χ0) is 12.5. The third-order valence-corrected chi connectivity index (χ3v) is 3.96. The average Bonchev–Trinajstić information content (AvgIpc) is 2.98. The normalized spacial score (nSPS) is 11.1. The molecule has 3 aromatic rings. The van der Waals surface area contributed by atoms with Crippen molar-refractivity contribution in [2.75, 3.05) is 0 Å². The fraction of sp³-hybridized carbons (Fsp3) is 0.182. The van der Waals surface area contributed by atoms with Gasteiger partial charge in [0.25, 0.3) is 5.56 Å². The molecule has 0 saturated carbocycles. The molecular formula is C11H10N4OS2. The van der Waals surface area contributed by atoms with Crippen LogP contribution < -0.4 is 5.56 Å². The Morgan fingerprint density at radius 1 is 1.44 bits per heavy atom. The summed E-state index contributed by atoms with van der Waals surface area (Å²) in [5.41, 5.74) is 0.790. The van der Waals surface area contributed by atoms with Crippen molar-refractivity contribution in [1.29, 1.82) is 0 Å². The first-order chi connectivity index (χ1) is 8.75. The molecule has 0 aliphatic carbocycles. The van der Waals surface area contributed by atoms with E-state index in [0.29, 0.717) is 22.6 Å². The van der Waals surface area contributed by atoms with E-state index >= 15 is 0 Å². The third kappa shape index (κ3) is 1.91. The maximum absolute atomic E-state index is 12.2. The first kappa shape index (κ1) is 11.4. The Labute approximate surface area is 111 Å². The first-order valence-electron chi connectivity index (χ1n) is 5.42. The van der Waals surface area contributed by atoms with Gasteiger partial charge >= 0.3 is 0 Å². The number of thiophene rings is 1. The summed E-state index contributed by atoms with van der Waals surface area (Å²) in [5.74, 6) is 0. The third-order valence-electron chi connectivity index (χ3n) is 2.73. The fourth-order valence-corrected chi connectivity index (χ4v) is 2.89. The van der Waals surface area contributed by atoms with Crippen LogP contribution in [-0.2, 0) is 13.1 Å². The zero-order valence-corrected chi connectivity index (χ0v) is 11.0. The number of H-pyrrole nitrogens is 1. The van der Waals surface area contributed by atoms with E-state index in [4.69, 9.17) is 12.2 Å². The molecule has 5 nitrogen and oxygen atoms in total. The molecule has 0 radical (unpaired) electrons. The number of fused-ring (bicyclic) bond motifs is 1. The number of nitrogens with zero attached hydrogens (tertiary/aromatic N) is 3. The smallest absolute Gasteiger partial charge is 0.272 e. The van der Waals surface area contributed by atoms with Crippen LogP contribution in [0.25, 0.3) is 10.2 Å². The molecule has 0 aliphatic rings. The molecule has 0 atom stereocenters. The van der Waals surface area contributed by atoms with Gasteiger partial charge in [-0.05, 0) is 23.7 Å². The van der Waals surface area contributed by atoms with Gasteiger partial charge in [-0.15, -0.1) is 11.3 Å². The number of rotatable bonds is 3. The monoisotopic (exact) mass is 278 g/mol. The number of imidazole rings is 1. The molecule has 18 heavy (non-hydrogen) atoms. The largest absolute Gasteiger partial charge is 0.336 e. The minimum atomic E-state index is -0.0242. The molecule has 0 spiro atoms. The maximum Gasteiger partial charge on any atom is 0.272 e. The summed E-state index contributed by atoms with van der Waals surface area (Å²) < 4.78 is 4.69. The van der Waals surface area contributed by atoms with Crippen molar-refractivity contribution in [2.45, 2.75) is 13.1 Å². The van der Waals surface area contributed by atoms with Crippen LogP contribution in [0.3, 0.4) is 0 Å². The van der Waals surface area contributed by atoms with E-state index in [0.717, 1.165) is 5.52 Å². The molecule has 0 unspecified atom stereocenters. The molecule has 3 aromatic heterocycles. The maximum atomic E-state index is 12.2. The number of aromatic amines is 1. The Morgan fingerprint density at radius 2 is 2.33 bits per heavy atom. The van der Waals surface area contributed by atoms with Gasteiger partial charge in [-0.1, -0.05) is 0 Å². The van der Waals surface area contributed by atoms with Crippen LogP contribution >= 0.6 is 23.6 Å². The molecule has 0 aliphatic heterocycles. The topological polar surface area (TPSA) is 55.6 Å². The van der Waals surface area contributed by atoms with Crippen LogP contribution in [0.4, 0.5) is 0 Å². The second-order valence-electron chi connectivity index (χ2n) is 3.85. The molecule has 1 N–H and O–H groups in total. The van der Waals surface area contributed by atoms with Crippen LogP contribution in [-0.4, -0.2) is 19.1 Å². The van der Waals surface area contributed by atoms with Gasteiger partial charge in [-0.25, -0.2) is 4.98 Å². The minimum Gasteiger partial charge on any atom is -0.336 e. The van der Waals surface area contributed by atoms with Gasteiger partial charge in [0.2, 0.25) is 0 Å². The van der Waals surface area contributed by atoms with E-state index < -0.39 is 0 Å². The van der Waals surface area contributed by atoms with Crippen molar-refractivity contribution >= 4 is 33.8 Å². The lowest BCUT2D eigenvalue weighted by atomic mass is 10.4. The predicted molar refractivity (Wildman–Crippen MR) is 73.5 cm³/mol. The Bertz CT molecular complexity index is 781. The van der Waals surface area contributed by atoms with E-state index in [1.54, 1.807) is 17.1 Å². The Balaban J connectivity index is 2.01. The Morgan fingerprint density at radius 3 is 3.11 bits per heavy atom. The highest BCUT2D eigenvalue weighted by Gasteiger charge is 2.06. The number of nitrogens with one attached hydrogen (secondary N) is 1. The predicted octanol–water partition coefficient (Wildman–Crippen LogP) is 2.02. The summed E-state index contributed by atoms with van der Waals surface area (Å²) in [5, 5.41) is 1.89. The fourth-order valence-electron chi connectivity index (χ4n) is 1.81. The standard InChI is InChI=1S/C11H10N4OS2/c16-10-9-8(1-6-18-9)13-11(17)15(10)5-4-14-3-2-12-7-14/h1-3,6-7H,4-5H2,(H,13,17). The second kappa shape index (κ2) is 4.51. The summed E-state index contributed by atoms with van der Waals surface area (Å²) in [6.45, 7) is 1.21. The van der Waals surface area contributed by atoms with Crippen molar-refractivity contribution in [3.05, 3.63) is 45.3 Å². The van der Waals surface area contributed by atoms with Gasteiger partial charge in [0.15, 0.2) is 4.77 Å². The van der Waals surface area contributed by atoms with Crippen molar-refractivity contribution < 1.29 is 0 Å². The highest BCUT2D eigenvalue weighted by molar-refractivity contribution is 7.71. The summed E-state index contributed by atoms with van der Waals surface area (Å²) in [6.07, 6.45) is 5.30. The van der Waals surface area contributed by atoms with Crippen molar-refractivity contribution in [2.24, 2.45) is 0 Å². The molecular weight excluding hydrogens is 268 g/mol. The SMILES string of the molecule is O=c1c2sccc2[nH]c(=S)n1CCn1ccnc1. The molecule has 7 heteroatoms. The molecule has 3 rings (SSSR count). The van der Waals surface area contributed by atoms with Crippen LogP contribution in [0, 0.1) is 4.77 Å². The summed E-state index contributed by atoms with van der Waals surface area (Å²) >= 11 is 6.65. The van der Waals surface area contributed by atoms with E-state index in [9.17, 15) is 4.79 Å². The minimum absolute atomic E-state index is 0.0242. The van der Waals surface area contributed by atoms with E-state index in [1.165, 1.54) is 11.3 Å². The van der Waals surface area contributed by atoms with Crippen molar-refractivity contribution in [1.82, 2.24) is 19.1 Å². The van der Waals surface area contributed by atoms with Gasteiger partial charge in [0.05, 0.1) is 11.8 Å². The van der Waals surface area contributed by atoms with E-state index in [2.05, 4.69) is 9.97 Å². The van der Waals surface area contributed by atoms with Crippen LogP contribution in [0.15, 0.2) is 35.0 Å². The van der Waals surface area contributed by atoms with Gasteiger partial charge in [0, 0.05) is 25.5 Å². The van der Waals surface area contributed by atoms with Gasteiger partial charge in [-0.3, -0.25) is 9.36 Å². The van der Waals surface area contributed by atoms with Crippen LogP contribution in [0.1, 0.15) is 0 Å². The molecule has 0 amide bonds. The quantitative estimate of drug-likeness (QED) is 0.746. The second-order valence-corrected chi connectivity index (χ2v) is 5.15. The molecule has 0 aromatic carbocycles. The molecule has 3 heterocycles. The molecule has 92 valence electrons. The first-order valence-corrected chi connectivity index (χ1v) is 6.70. The summed E-state index contributed by atoms with van der Waals surface area (Å²) in [4.78, 5) is 19.3. The molecule has 0 saturated heterocycles. The van der Waals surface area contributed by atoms with Crippen LogP contribution in [0.2, 0.25) is 0 Å². The Hall–Kier alpha value is -1.73. The summed E-state index contributed by atoms with van der Waals surface area (Å²) in [6, 6.07) is 1.87.